The molecule has 0 saturated carbocycles. The van der Waals surface area contributed by atoms with Gasteiger partial charge in [-0.2, -0.15) is 5.10 Å². The van der Waals surface area contributed by atoms with Crippen molar-refractivity contribution in [1.29, 1.82) is 0 Å². The number of aromatic nitrogens is 2. The van der Waals surface area contributed by atoms with E-state index in [-0.39, 0.29) is 6.61 Å². The summed E-state index contributed by atoms with van der Waals surface area (Å²) in [5.74, 6) is 0.0191. The molecule has 1 aromatic heterocycles. The molecule has 0 fully saturated rings. The van der Waals surface area contributed by atoms with Gasteiger partial charge < -0.3 is 16.2 Å². The number of hydrogen-bond donors (Lipinski definition) is 4. The van der Waals surface area contributed by atoms with Crippen LogP contribution in [0.3, 0.4) is 0 Å². The Morgan fingerprint density at radius 2 is 2.67 bits per heavy atom. The zero-order chi connectivity index (χ0) is 8.97. The van der Waals surface area contributed by atoms with E-state index in [9.17, 15) is 4.79 Å². The van der Waals surface area contributed by atoms with Gasteiger partial charge in [-0.15, -0.1) is 0 Å². The van der Waals surface area contributed by atoms with Gasteiger partial charge in [-0.1, -0.05) is 0 Å². The van der Waals surface area contributed by atoms with Crippen LogP contribution in [0.25, 0.3) is 0 Å². The highest BCUT2D eigenvalue weighted by molar-refractivity contribution is 5.93. The summed E-state index contributed by atoms with van der Waals surface area (Å²) in [6.07, 6.45) is 1.50. The largest absolute Gasteiger partial charge is 0.394 e. The minimum absolute atomic E-state index is 0.375. The van der Waals surface area contributed by atoms with Crippen molar-refractivity contribution in [3.8, 4) is 0 Å². The Kier molecular flexibility index (Phi) is 2.78. The molecule has 0 saturated heterocycles. The van der Waals surface area contributed by atoms with Crippen molar-refractivity contribution in [2.24, 2.45) is 5.73 Å². The predicted octanol–water partition coefficient (Wildman–Crippen LogP) is -1.33. The Bertz CT molecular complexity index is 246. The number of nitrogens with two attached hydrogens (primary N) is 1. The third-order valence-electron chi connectivity index (χ3n) is 1.29. The molecule has 1 atom stereocenters. The van der Waals surface area contributed by atoms with Crippen molar-refractivity contribution in [3.05, 3.63) is 12.3 Å². The molecule has 1 unspecified atom stereocenters. The van der Waals surface area contributed by atoms with E-state index in [0.717, 1.165) is 0 Å². The van der Waals surface area contributed by atoms with Crippen LogP contribution in [0.4, 0.5) is 5.82 Å². The molecule has 12 heavy (non-hydrogen) atoms. The van der Waals surface area contributed by atoms with E-state index in [1.165, 1.54) is 6.20 Å². The molecule has 1 aromatic rings. The predicted molar refractivity (Wildman–Crippen MR) is 42.3 cm³/mol. The molecule has 0 aromatic carbocycles. The molecule has 66 valence electrons. The zero-order valence-corrected chi connectivity index (χ0v) is 6.32. The molecule has 0 aliphatic carbocycles. The lowest BCUT2D eigenvalue weighted by Gasteiger charge is -2.06. The molecule has 6 nitrogen and oxygen atoms in total. The Labute approximate surface area is 68.8 Å². The summed E-state index contributed by atoms with van der Waals surface area (Å²) in [6, 6.07) is 0.690. The van der Waals surface area contributed by atoms with Gasteiger partial charge in [-0.25, -0.2) is 0 Å². The van der Waals surface area contributed by atoms with Crippen molar-refractivity contribution < 1.29 is 9.90 Å². The number of anilines is 1. The van der Waals surface area contributed by atoms with Crippen LogP contribution in [0.15, 0.2) is 12.3 Å². The number of hydrogen-bond acceptors (Lipinski definition) is 4. The van der Waals surface area contributed by atoms with Crippen molar-refractivity contribution >= 4 is 11.7 Å². The molecule has 0 spiro atoms. The molecule has 0 aliphatic heterocycles. The van der Waals surface area contributed by atoms with E-state index in [2.05, 4.69) is 15.5 Å². The van der Waals surface area contributed by atoms with Gasteiger partial charge in [0.1, 0.15) is 11.9 Å². The number of nitrogens with one attached hydrogen (secondary N) is 2. The van der Waals surface area contributed by atoms with Gasteiger partial charge in [-0.05, 0) is 0 Å². The zero-order valence-electron chi connectivity index (χ0n) is 6.32. The van der Waals surface area contributed by atoms with Crippen LogP contribution in [-0.2, 0) is 4.79 Å². The highest BCUT2D eigenvalue weighted by atomic mass is 16.3. The Balaban J connectivity index is 2.47. The monoisotopic (exact) mass is 170 g/mol. The molecular weight excluding hydrogens is 160 g/mol. The lowest BCUT2D eigenvalue weighted by molar-refractivity contribution is -0.118. The number of rotatable bonds is 3. The lowest BCUT2D eigenvalue weighted by atomic mass is 10.3. The quantitative estimate of drug-likeness (QED) is 0.451. The first-order valence-electron chi connectivity index (χ1n) is 3.40. The van der Waals surface area contributed by atoms with Gasteiger partial charge in [0.15, 0.2) is 0 Å². The molecule has 5 N–H and O–H groups in total. The van der Waals surface area contributed by atoms with E-state index in [1.807, 2.05) is 0 Å². The second kappa shape index (κ2) is 3.84. The van der Waals surface area contributed by atoms with Crippen LogP contribution < -0.4 is 11.1 Å². The first-order chi connectivity index (χ1) is 5.74. The van der Waals surface area contributed by atoms with Crippen molar-refractivity contribution in [3.63, 3.8) is 0 Å². The van der Waals surface area contributed by atoms with Gasteiger partial charge in [-0.3, -0.25) is 9.89 Å². The third-order valence-corrected chi connectivity index (χ3v) is 1.29. The Morgan fingerprint density at radius 3 is 3.17 bits per heavy atom. The fourth-order valence-electron chi connectivity index (χ4n) is 0.634. The smallest absolute Gasteiger partial charge is 0.244 e. The Hall–Kier alpha value is -1.40. The SMILES string of the molecule is NC(CO)C(=O)Nc1ccn[nH]1. The van der Waals surface area contributed by atoms with Crippen molar-refractivity contribution in [2.75, 3.05) is 11.9 Å². The summed E-state index contributed by atoms with van der Waals surface area (Å²) in [4.78, 5) is 11.0. The molecule has 1 rings (SSSR count). The first-order valence-corrected chi connectivity index (χ1v) is 3.40. The van der Waals surface area contributed by atoms with E-state index in [4.69, 9.17) is 10.8 Å². The van der Waals surface area contributed by atoms with Gasteiger partial charge in [0, 0.05) is 6.07 Å². The number of H-pyrrole nitrogens is 1. The standard InChI is InChI=1S/C6H10N4O2/c7-4(3-11)6(12)9-5-1-2-8-10-5/h1-2,4,11H,3,7H2,(H2,8,9,10,12). The molecule has 0 aliphatic rings. The molecule has 1 heterocycles. The van der Waals surface area contributed by atoms with E-state index in [0.29, 0.717) is 5.82 Å². The normalized spacial score (nSPS) is 12.5. The summed E-state index contributed by atoms with van der Waals surface area (Å²) >= 11 is 0. The maximum atomic E-state index is 11.0. The highest BCUT2D eigenvalue weighted by Crippen LogP contribution is 1.98. The van der Waals surface area contributed by atoms with Crippen LogP contribution in [-0.4, -0.2) is 33.9 Å². The molecule has 6 heteroatoms. The summed E-state index contributed by atoms with van der Waals surface area (Å²) in [7, 11) is 0. The minimum Gasteiger partial charge on any atom is -0.394 e. The number of carbonyl (C=O) groups is 1. The van der Waals surface area contributed by atoms with E-state index < -0.39 is 11.9 Å². The second-order valence-corrected chi connectivity index (χ2v) is 2.25. The maximum absolute atomic E-state index is 11.0. The molecule has 0 radical (unpaired) electrons. The van der Waals surface area contributed by atoms with Gasteiger partial charge in [0.05, 0.1) is 12.8 Å². The molecule has 0 bridgehead atoms. The number of nitrogens with zero attached hydrogens (tertiary/aromatic N) is 1. The summed E-state index contributed by atoms with van der Waals surface area (Å²) < 4.78 is 0. The number of aliphatic hydroxyl groups is 1. The minimum atomic E-state index is -0.895. The topological polar surface area (TPSA) is 104 Å². The second-order valence-electron chi connectivity index (χ2n) is 2.25. The highest BCUT2D eigenvalue weighted by Gasteiger charge is 2.11. The lowest BCUT2D eigenvalue weighted by Crippen LogP contribution is -2.38. The van der Waals surface area contributed by atoms with Gasteiger partial charge in [0.2, 0.25) is 5.91 Å². The average molecular weight is 170 g/mol. The van der Waals surface area contributed by atoms with E-state index >= 15 is 0 Å². The van der Waals surface area contributed by atoms with Crippen LogP contribution >= 0.6 is 0 Å². The maximum Gasteiger partial charge on any atom is 0.244 e. The van der Waals surface area contributed by atoms with Crippen molar-refractivity contribution in [2.45, 2.75) is 6.04 Å². The molecule has 1 amide bonds. The number of aliphatic hydroxyl groups excluding tert-OH is 1. The van der Waals surface area contributed by atoms with E-state index in [1.54, 1.807) is 6.07 Å². The Morgan fingerprint density at radius 1 is 1.92 bits per heavy atom. The summed E-state index contributed by atoms with van der Waals surface area (Å²) in [5.41, 5.74) is 5.24. The van der Waals surface area contributed by atoms with Crippen LogP contribution in [0.1, 0.15) is 0 Å². The average Bonchev–Trinajstić information content (AvgIpc) is 2.55. The van der Waals surface area contributed by atoms with Crippen LogP contribution in [0.5, 0.6) is 0 Å². The first kappa shape index (κ1) is 8.69. The van der Waals surface area contributed by atoms with Crippen LogP contribution in [0, 0.1) is 0 Å². The fraction of sp³-hybridized carbons (Fsp3) is 0.333. The number of amides is 1. The molecular formula is C6H10N4O2. The van der Waals surface area contributed by atoms with Crippen molar-refractivity contribution in [1.82, 2.24) is 10.2 Å². The third kappa shape index (κ3) is 2.04. The summed E-state index contributed by atoms with van der Waals surface area (Å²) in [5, 5.41) is 17.1. The number of aromatic amines is 1. The fourth-order valence-corrected chi connectivity index (χ4v) is 0.634. The van der Waals surface area contributed by atoms with Gasteiger partial charge in [0.25, 0.3) is 0 Å². The van der Waals surface area contributed by atoms with Gasteiger partial charge >= 0.3 is 0 Å². The number of carbonyl (C=O) groups excluding carboxylic acids is 1. The van der Waals surface area contributed by atoms with Crippen LogP contribution in [0.2, 0.25) is 0 Å². The summed E-state index contributed by atoms with van der Waals surface area (Å²) in [6.45, 7) is -0.375.